The second-order valence-corrected chi connectivity index (χ2v) is 4.57. The second-order valence-electron chi connectivity index (χ2n) is 4.57. The third-order valence-electron chi connectivity index (χ3n) is 3.07. The van der Waals surface area contributed by atoms with Crippen molar-refractivity contribution in [3.63, 3.8) is 0 Å². The molecule has 2 amide bonds. The van der Waals surface area contributed by atoms with Crippen molar-refractivity contribution in [2.24, 2.45) is 5.73 Å². The van der Waals surface area contributed by atoms with E-state index in [2.05, 4.69) is 10.3 Å². The molecule has 1 aromatic heterocycles. The van der Waals surface area contributed by atoms with Crippen molar-refractivity contribution in [1.82, 2.24) is 9.55 Å². The van der Waals surface area contributed by atoms with Crippen molar-refractivity contribution in [2.75, 3.05) is 11.9 Å². The molecule has 5 N–H and O–H groups in total. The van der Waals surface area contributed by atoms with Crippen LogP contribution in [0.5, 0.6) is 0 Å². The number of nitrogens with zero attached hydrogens (tertiary/aromatic N) is 2. The van der Waals surface area contributed by atoms with Gasteiger partial charge in [0.05, 0.1) is 12.7 Å². The number of hydrogen-bond acceptors (Lipinski definition) is 6. The van der Waals surface area contributed by atoms with Gasteiger partial charge >= 0.3 is 11.7 Å². The van der Waals surface area contributed by atoms with Gasteiger partial charge in [-0.05, 0) is 6.92 Å². The maximum atomic E-state index is 11.9. The van der Waals surface area contributed by atoms with Gasteiger partial charge in [0.1, 0.15) is 18.1 Å². The SMILES string of the molecule is Cc1cn([C@H]2C[C@H](O)[C@@H](CO)O2)c(=O)nc1NC(N)=O. The van der Waals surface area contributed by atoms with Crippen molar-refractivity contribution in [2.45, 2.75) is 31.8 Å². The van der Waals surface area contributed by atoms with Gasteiger partial charge in [-0.2, -0.15) is 4.98 Å². The lowest BCUT2D eigenvalue weighted by atomic mass is 10.2. The van der Waals surface area contributed by atoms with Crippen LogP contribution in [0, 0.1) is 6.92 Å². The maximum absolute atomic E-state index is 11.9. The van der Waals surface area contributed by atoms with Gasteiger partial charge in [-0.1, -0.05) is 0 Å². The van der Waals surface area contributed by atoms with Crippen LogP contribution >= 0.6 is 0 Å². The molecule has 20 heavy (non-hydrogen) atoms. The first-order chi connectivity index (χ1) is 9.42. The Bertz CT molecular complexity index is 572. The average molecular weight is 284 g/mol. The Morgan fingerprint density at radius 1 is 1.70 bits per heavy atom. The summed E-state index contributed by atoms with van der Waals surface area (Å²) in [4.78, 5) is 26.4. The molecule has 1 aliphatic rings. The Morgan fingerprint density at radius 3 is 2.95 bits per heavy atom. The highest BCUT2D eigenvalue weighted by atomic mass is 16.5. The van der Waals surface area contributed by atoms with Crippen molar-refractivity contribution in [1.29, 1.82) is 0 Å². The summed E-state index contributed by atoms with van der Waals surface area (Å²) in [6.07, 6.45) is -0.646. The van der Waals surface area contributed by atoms with Gasteiger partial charge in [0.25, 0.3) is 0 Å². The van der Waals surface area contributed by atoms with Crippen LogP contribution in [0.4, 0.5) is 10.6 Å². The summed E-state index contributed by atoms with van der Waals surface area (Å²) in [5, 5.41) is 20.9. The number of urea groups is 1. The number of anilines is 1. The highest BCUT2D eigenvalue weighted by molar-refractivity contribution is 5.87. The number of carbonyl (C=O) groups is 1. The van der Waals surface area contributed by atoms with Crippen LogP contribution < -0.4 is 16.7 Å². The molecular weight excluding hydrogens is 268 g/mol. The minimum Gasteiger partial charge on any atom is -0.394 e. The Balaban J connectivity index is 2.28. The van der Waals surface area contributed by atoms with Crippen LogP contribution in [-0.4, -0.2) is 44.6 Å². The number of nitrogens with two attached hydrogens (primary N) is 1. The third-order valence-corrected chi connectivity index (χ3v) is 3.07. The number of aryl methyl sites for hydroxylation is 1. The lowest BCUT2D eigenvalue weighted by Gasteiger charge is -2.16. The molecule has 9 heteroatoms. The molecule has 110 valence electrons. The van der Waals surface area contributed by atoms with E-state index >= 15 is 0 Å². The number of carbonyl (C=O) groups excluding carboxylic acids is 1. The van der Waals surface area contributed by atoms with Crippen LogP contribution in [-0.2, 0) is 4.74 Å². The number of primary amides is 1. The Hall–Kier alpha value is -1.97. The molecule has 0 spiro atoms. The van der Waals surface area contributed by atoms with Crippen molar-refractivity contribution < 1.29 is 19.7 Å². The van der Waals surface area contributed by atoms with Crippen molar-refractivity contribution >= 4 is 11.8 Å². The van der Waals surface area contributed by atoms with E-state index in [-0.39, 0.29) is 18.8 Å². The predicted molar refractivity (Wildman–Crippen MR) is 68.1 cm³/mol. The third kappa shape index (κ3) is 2.79. The number of aliphatic hydroxyl groups excluding tert-OH is 2. The standard InChI is InChI=1S/C11H16N4O5/c1-5-3-15(8-2-6(17)7(4-16)20-8)11(19)14-9(5)13-10(12)18/h3,6-8,16-17H,2,4H2,1H3,(H3,12,13,14,18,19)/t6-,7+,8+/m0/s1. The quantitative estimate of drug-likeness (QED) is 0.543. The van der Waals surface area contributed by atoms with Crippen LogP contribution in [0.1, 0.15) is 18.2 Å². The number of hydrogen-bond donors (Lipinski definition) is 4. The summed E-state index contributed by atoms with van der Waals surface area (Å²) >= 11 is 0. The van der Waals surface area contributed by atoms with Gasteiger partial charge in [0.15, 0.2) is 0 Å². The zero-order valence-corrected chi connectivity index (χ0v) is 10.8. The molecule has 0 bridgehead atoms. The van der Waals surface area contributed by atoms with E-state index in [4.69, 9.17) is 15.6 Å². The van der Waals surface area contributed by atoms with E-state index in [0.29, 0.717) is 5.56 Å². The first kappa shape index (κ1) is 14.4. The molecule has 1 aromatic rings. The molecule has 0 aliphatic carbocycles. The van der Waals surface area contributed by atoms with E-state index in [1.807, 2.05) is 0 Å². The van der Waals surface area contributed by atoms with Crippen molar-refractivity contribution in [3.05, 3.63) is 22.2 Å². The number of rotatable bonds is 3. The molecule has 1 aliphatic heterocycles. The maximum Gasteiger partial charge on any atom is 0.351 e. The van der Waals surface area contributed by atoms with E-state index in [1.165, 1.54) is 10.8 Å². The number of aromatic nitrogens is 2. The van der Waals surface area contributed by atoms with E-state index < -0.39 is 30.2 Å². The minimum atomic E-state index is -0.847. The summed E-state index contributed by atoms with van der Waals surface area (Å²) in [6, 6.07) is -0.814. The normalized spacial score (nSPS) is 25.6. The number of nitrogens with one attached hydrogen (secondary N) is 1. The largest absolute Gasteiger partial charge is 0.394 e. The summed E-state index contributed by atoms with van der Waals surface area (Å²) in [5.74, 6) is 0.0796. The number of ether oxygens (including phenoxy) is 1. The van der Waals surface area contributed by atoms with Crippen LogP contribution in [0.2, 0.25) is 0 Å². The van der Waals surface area contributed by atoms with E-state index in [1.54, 1.807) is 6.92 Å². The fourth-order valence-corrected chi connectivity index (χ4v) is 2.07. The first-order valence-electron chi connectivity index (χ1n) is 6.03. The summed E-state index contributed by atoms with van der Waals surface area (Å²) in [7, 11) is 0. The molecule has 2 rings (SSSR count). The van der Waals surface area contributed by atoms with Gasteiger partial charge in [-0.15, -0.1) is 0 Å². The van der Waals surface area contributed by atoms with Gasteiger partial charge in [-0.25, -0.2) is 9.59 Å². The Kier molecular flexibility index (Phi) is 4.02. The molecule has 0 saturated carbocycles. The lowest BCUT2D eigenvalue weighted by molar-refractivity contribution is -0.0459. The van der Waals surface area contributed by atoms with Crippen LogP contribution in [0.25, 0.3) is 0 Å². The second kappa shape index (κ2) is 5.57. The topological polar surface area (TPSA) is 140 Å². The first-order valence-corrected chi connectivity index (χ1v) is 6.03. The zero-order valence-electron chi connectivity index (χ0n) is 10.8. The molecule has 2 heterocycles. The summed E-state index contributed by atoms with van der Waals surface area (Å²) < 4.78 is 6.59. The van der Waals surface area contributed by atoms with Gasteiger partial charge in [0.2, 0.25) is 0 Å². The molecule has 9 nitrogen and oxygen atoms in total. The molecule has 3 atom stereocenters. The molecule has 0 radical (unpaired) electrons. The zero-order chi connectivity index (χ0) is 14.9. The van der Waals surface area contributed by atoms with Crippen molar-refractivity contribution in [3.8, 4) is 0 Å². The predicted octanol–water partition coefficient (Wildman–Crippen LogP) is -1.32. The molecule has 1 fully saturated rings. The number of aliphatic hydroxyl groups is 2. The van der Waals surface area contributed by atoms with E-state index in [9.17, 15) is 14.7 Å². The molecule has 0 aromatic carbocycles. The summed E-state index contributed by atoms with van der Waals surface area (Å²) in [5.41, 5.74) is 4.85. The molecule has 1 saturated heterocycles. The fourth-order valence-electron chi connectivity index (χ4n) is 2.07. The summed E-state index contributed by atoms with van der Waals surface area (Å²) in [6.45, 7) is 1.31. The van der Waals surface area contributed by atoms with E-state index in [0.717, 1.165) is 0 Å². The minimum absolute atomic E-state index is 0.0796. The Labute approximate surface area is 114 Å². The number of amides is 2. The van der Waals surface area contributed by atoms with Crippen LogP contribution in [0.15, 0.2) is 11.0 Å². The Morgan fingerprint density at radius 2 is 2.40 bits per heavy atom. The smallest absolute Gasteiger partial charge is 0.351 e. The lowest BCUT2D eigenvalue weighted by Crippen LogP contribution is -2.30. The van der Waals surface area contributed by atoms with Crippen LogP contribution in [0.3, 0.4) is 0 Å². The van der Waals surface area contributed by atoms with Gasteiger partial charge < -0.3 is 20.7 Å². The van der Waals surface area contributed by atoms with Gasteiger partial charge in [-0.3, -0.25) is 9.88 Å². The molecule has 0 unspecified atom stereocenters. The highest BCUT2D eigenvalue weighted by Gasteiger charge is 2.35. The molecular formula is C11H16N4O5. The van der Waals surface area contributed by atoms with Gasteiger partial charge in [0, 0.05) is 18.2 Å². The average Bonchev–Trinajstić information content (AvgIpc) is 2.74. The monoisotopic (exact) mass is 284 g/mol. The highest BCUT2D eigenvalue weighted by Crippen LogP contribution is 2.27. The fraction of sp³-hybridized carbons (Fsp3) is 0.545.